The highest BCUT2D eigenvalue weighted by Gasteiger charge is 2.15. The highest BCUT2D eigenvalue weighted by molar-refractivity contribution is 6.30. The Bertz CT molecular complexity index is 1070. The molecule has 132 valence electrons. The lowest BCUT2D eigenvalue weighted by Crippen LogP contribution is -2.10. The molecule has 4 nitrogen and oxygen atoms in total. The first-order valence-electron chi connectivity index (χ1n) is 8.66. The number of H-pyrrole nitrogens is 1. The third-order valence-electron chi connectivity index (χ3n) is 4.49. The minimum atomic E-state index is 0.115. The van der Waals surface area contributed by atoms with Gasteiger partial charge >= 0.3 is 0 Å². The van der Waals surface area contributed by atoms with Crippen LogP contribution in [0.4, 0.5) is 0 Å². The van der Waals surface area contributed by atoms with Crippen LogP contribution in [0.25, 0.3) is 22.4 Å². The van der Waals surface area contributed by atoms with Crippen molar-refractivity contribution in [1.29, 1.82) is 0 Å². The predicted octanol–water partition coefficient (Wildman–Crippen LogP) is 5.43. The number of fused-ring (bicyclic) bond motifs is 1. The van der Waals surface area contributed by atoms with E-state index in [1.54, 1.807) is 6.20 Å². The van der Waals surface area contributed by atoms with Gasteiger partial charge in [0, 0.05) is 11.8 Å². The van der Waals surface area contributed by atoms with Crippen LogP contribution < -0.4 is 0 Å². The van der Waals surface area contributed by atoms with Crippen molar-refractivity contribution in [3.8, 4) is 11.4 Å². The predicted molar refractivity (Wildman–Crippen MR) is 107 cm³/mol. The van der Waals surface area contributed by atoms with Crippen molar-refractivity contribution >= 4 is 22.6 Å². The summed E-state index contributed by atoms with van der Waals surface area (Å²) in [6.45, 7) is 7.33. The van der Waals surface area contributed by atoms with Gasteiger partial charge in [0.25, 0.3) is 0 Å². The van der Waals surface area contributed by atoms with Gasteiger partial charge in [0.05, 0.1) is 28.8 Å². The molecule has 0 atom stereocenters. The molecule has 0 spiro atoms. The van der Waals surface area contributed by atoms with Crippen molar-refractivity contribution < 1.29 is 0 Å². The van der Waals surface area contributed by atoms with E-state index in [-0.39, 0.29) is 5.41 Å². The molecule has 0 amide bonds. The first-order chi connectivity index (χ1) is 12.4. The van der Waals surface area contributed by atoms with E-state index in [0.717, 1.165) is 28.0 Å². The molecule has 0 aliphatic rings. The minimum Gasteiger partial charge on any atom is -0.338 e. The van der Waals surface area contributed by atoms with Gasteiger partial charge in [-0.25, -0.2) is 4.98 Å². The molecule has 4 rings (SSSR count). The normalized spacial score (nSPS) is 12.0. The second kappa shape index (κ2) is 6.29. The lowest BCUT2D eigenvalue weighted by molar-refractivity contribution is 0.591. The number of nitrogens with zero attached hydrogens (tertiary/aromatic N) is 3. The van der Waals surface area contributed by atoms with Gasteiger partial charge in [-0.3, -0.25) is 4.68 Å². The van der Waals surface area contributed by atoms with Crippen LogP contribution in [0.2, 0.25) is 5.02 Å². The number of hydrogen-bond acceptors (Lipinski definition) is 2. The summed E-state index contributed by atoms with van der Waals surface area (Å²) in [6, 6.07) is 14.8. The van der Waals surface area contributed by atoms with Gasteiger partial charge in [0.1, 0.15) is 5.82 Å². The number of nitrogens with one attached hydrogen (secondary N) is 1. The quantitative estimate of drug-likeness (QED) is 0.527. The van der Waals surface area contributed by atoms with E-state index in [1.807, 2.05) is 16.9 Å². The zero-order valence-electron chi connectivity index (χ0n) is 15.1. The third kappa shape index (κ3) is 3.37. The summed E-state index contributed by atoms with van der Waals surface area (Å²) in [5, 5.41) is 4.89. The summed E-state index contributed by atoms with van der Waals surface area (Å²) in [5.41, 5.74) is 5.68. The standard InChI is InChI=1S/C21H21ClN4/c1-21(2,3)16-7-8-18-19(10-16)25-20(24-18)15-6-4-5-14(9-15)12-26-13-17(22)11-23-26/h4-11,13H,12H2,1-3H3,(H,24,25). The average Bonchev–Trinajstić information content (AvgIpc) is 3.19. The zero-order chi connectivity index (χ0) is 18.3. The lowest BCUT2D eigenvalue weighted by atomic mass is 9.87. The fourth-order valence-electron chi connectivity index (χ4n) is 3.04. The molecule has 0 unspecified atom stereocenters. The fraction of sp³-hybridized carbons (Fsp3) is 0.238. The second-order valence-corrected chi connectivity index (χ2v) is 8.06. The van der Waals surface area contributed by atoms with Crippen LogP contribution in [-0.2, 0) is 12.0 Å². The van der Waals surface area contributed by atoms with Crippen molar-refractivity contribution in [2.45, 2.75) is 32.7 Å². The number of imidazole rings is 1. The molecular weight excluding hydrogens is 344 g/mol. The van der Waals surface area contributed by atoms with E-state index < -0.39 is 0 Å². The van der Waals surface area contributed by atoms with Crippen LogP contribution in [0.1, 0.15) is 31.9 Å². The summed E-state index contributed by atoms with van der Waals surface area (Å²) < 4.78 is 1.83. The summed E-state index contributed by atoms with van der Waals surface area (Å²) in [7, 11) is 0. The highest BCUT2D eigenvalue weighted by Crippen LogP contribution is 2.27. The van der Waals surface area contributed by atoms with Crippen LogP contribution in [0.3, 0.4) is 0 Å². The smallest absolute Gasteiger partial charge is 0.138 e. The summed E-state index contributed by atoms with van der Waals surface area (Å²) >= 11 is 5.95. The zero-order valence-corrected chi connectivity index (χ0v) is 15.9. The first kappa shape index (κ1) is 16.9. The van der Waals surface area contributed by atoms with Gasteiger partial charge in [0.15, 0.2) is 0 Å². The van der Waals surface area contributed by atoms with E-state index in [1.165, 1.54) is 5.56 Å². The number of benzene rings is 2. The Morgan fingerprint density at radius 2 is 1.96 bits per heavy atom. The maximum absolute atomic E-state index is 5.95. The van der Waals surface area contributed by atoms with Crippen LogP contribution in [0, 0.1) is 0 Å². The molecule has 0 bridgehead atoms. The molecule has 5 heteroatoms. The molecule has 0 aliphatic heterocycles. The Kier molecular flexibility index (Phi) is 4.08. The first-order valence-corrected chi connectivity index (χ1v) is 9.04. The highest BCUT2D eigenvalue weighted by atomic mass is 35.5. The number of hydrogen-bond donors (Lipinski definition) is 1. The fourth-order valence-corrected chi connectivity index (χ4v) is 3.20. The number of aromatic nitrogens is 4. The van der Waals surface area contributed by atoms with Crippen molar-refractivity contribution in [2.24, 2.45) is 0 Å². The number of aromatic amines is 1. The van der Waals surface area contributed by atoms with Crippen LogP contribution in [-0.4, -0.2) is 19.7 Å². The average molecular weight is 365 g/mol. The molecule has 0 radical (unpaired) electrons. The number of rotatable bonds is 3. The third-order valence-corrected chi connectivity index (χ3v) is 4.69. The Hall–Kier alpha value is -2.59. The maximum Gasteiger partial charge on any atom is 0.138 e. The van der Waals surface area contributed by atoms with Crippen molar-refractivity contribution in [1.82, 2.24) is 19.7 Å². The molecule has 0 fully saturated rings. The second-order valence-electron chi connectivity index (χ2n) is 7.62. The van der Waals surface area contributed by atoms with Gasteiger partial charge in [0.2, 0.25) is 0 Å². The molecular formula is C21H21ClN4. The van der Waals surface area contributed by atoms with E-state index in [4.69, 9.17) is 16.6 Å². The number of halogens is 1. The Labute approximate surface area is 157 Å². The van der Waals surface area contributed by atoms with Crippen molar-refractivity contribution in [3.05, 3.63) is 71.0 Å². The Morgan fingerprint density at radius 3 is 2.69 bits per heavy atom. The lowest BCUT2D eigenvalue weighted by Gasteiger charge is -2.18. The van der Waals surface area contributed by atoms with E-state index in [2.05, 4.69) is 67.3 Å². The van der Waals surface area contributed by atoms with Gasteiger partial charge in [-0.2, -0.15) is 5.10 Å². The van der Waals surface area contributed by atoms with Gasteiger partial charge in [-0.15, -0.1) is 0 Å². The molecule has 2 aromatic heterocycles. The molecule has 26 heavy (non-hydrogen) atoms. The molecule has 2 aromatic carbocycles. The summed E-state index contributed by atoms with van der Waals surface area (Å²) in [5.74, 6) is 0.881. The minimum absolute atomic E-state index is 0.115. The van der Waals surface area contributed by atoms with Crippen molar-refractivity contribution in [2.75, 3.05) is 0 Å². The van der Waals surface area contributed by atoms with Gasteiger partial charge in [-0.05, 0) is 34.7 Å². The Balaban J connectivity index is 1.67. The summed E-state index contributed by atoms with van der Waals surface area (Å²) in [4.78, 5) is 8.22. The molecule has 0 aliphatic carbocycles. The molecule has 0 saturated carbocycles. The van der Waals surface area contributed by atoms with Gasteiger partial charge in [-0.1, -0.05) is 56.6 Å². The Morgan fingerprint density at radius 1 is 1.12 bits per heavy atom. The van der Waals surface area contributed by atoms with Crippen LogP contribution in [0.15, 0.2) is 54.9 Å². The summed E-state index contributed by atoms with van der Waals surface area (Å²) in [6.07, 6.45) is 3.47. The van der Waals surface area contributed by atoms with E-state index in [0.29, 0.717) is 11.6 Å². The van der Waals surface area contributed by atoms with Crippen molar-refractivity contribution in [3.63, 3.8) is 0 Å². The largest absolute Gasteiger partial charge is 0.338 e. The maximum atomic E-state index is 5.95. The van der Waals surface area contributed by atoms with E-state index >= 15 is 0 Å². The molecule has 1 N–H and O–H groups in total. The molecule has 4 aromatic rings. The van der Waals surface area contributed by atoms with Crippen LogP contribution in [0.5, 0.6) is 0 Å². The molecule has 2 heterocycles. The molecule has 0 saturated heterocycles. The van der Waals surface area contributed by atoms with Gasteiger partial charge < -0.3 is 4.98 Å². The topological polar surface area (TPSA) is 46.5 Å². The SMILES string of the molecule is CC(C)(C)c1ccc2nc(-c3cccc(Cn4cc(Cl)cn4)c3)[nH]c2c1. The van der Waals surface area contributed by atoms with E-state index in [9.17, 15) is 0 Å². The monoisotopic (exact) mass is 364 g/mol. The van der Waals surface area contributed by atoms with Crippen LogP contribution >= 0.6 is 11.6 Å².